The van der Waals surface area contributed by atoms with Crippen molar-refractivity contribution in [2.75, 3.05) is 11.4 Å². The van der Waals surface area contributed by atoms with Crippen molar-refractivity contribution in [3.63, 3.8) is 0 Å². The number of aliphatic carboxylic acids is 1. The molecular formula is C14H17N3O2S. The van der Waals surface area contributed by atoms with Gasteiger partial charge in [0.25, 0.3) is 0 Å². The molecule has 1 N–H and O–H groups in total. The SMILES string of the molecule is CCCN(c1nc2sccn2c1/C=C/C(=O)O)C1CC1. The van der Waals surface area contributed by atoms with E-state index >= 15 is 0 Å². The van der Waals surface area contributed by atoms with Gasteiger partial charge in [-0.2, -0.15) is 0 Å². The fourth-order valence-electron chi connectivity index (χ4n) is 2.40. The van der Waals surface area contributed by atoms with Gasteiger partial charge in [0.05, 0.1) is 5.69 Å². The van der Waals surface area contributed by atoms with Gasteiger partial charge in [0.15, 0.2) is 10.8 Å². The molecule has 0 bridgehead atoms. The number of carboxylic acid groups (broad SMARTS) is 1. The smallest absolute Gasteiger partial charge is 0.328 e. The number of imidazole rings is 1. The predicted octanol–water partition coefficient (Wildman–Crippen LogP) is 2.87. The number of carbonyl (C=O) groups is 1. The van der Waals surface area contributed by atoms with E-state index in [9.17, 15) is 4.79 Å². The van der Waals surface area contributed by atoms with E-state index < -0.39 is 5.97 Å². The van der Waals surface area contributed by atoms with Crippen LogP contribution in [-0.2, 0) is 4.79 Å². The summed E-state index contributed by atoms with van der Waals surface area (Å²) in [5, 5.41) is 10.8. The lowest BCUT2D eigenvalue weighted by molar-refractivity contribution is -0.131. The number of thiazole rings is 1. The Morgan fingerprint density at radius 3 is 3.10 bits per heavy atom. The Morgan fingerprint density at radius 1 is 1.65 bits per heavy atom. The summed E-state index contributed by atoms with van der Waals surface area (Å²) in [6, 6.07) is 0.566. The quantitative estimate of drug-likeness (QED) is 0.831. The summed E-state index contributed by atoms with van der Waals surface area (Å²) in [6.45, 7) is 3.12. The van der Waals surface area contributed by atoms with E-state index in [0.29, 0.717) is 6.04 Å². The highest BCUT2D eigenvalue weighted by atomic mass is 32.1. The van der Waals surface area contributed by atoms with E-state index in [2.05, 4.69) is 11.8 Å². The second-order valence-corrected chi connectivity index (χ2v) is 5.85. The first-order valence-corrected chi connectivity index (χ1v) is 7.72. The van der Waals surface area contributed by atoms with Crippen LogP contribution in [0.4, 0.5) is 5.82 Å². The fourth-order valence-corrected chi connectivity index (χ4v) is 3.11. The molecule has 5 nitrogen and oxygen atoms in total. The number of rotatable bonds is 6. The van der Waals surface area contributed by atoms with Gasteiger partial charge in [0.1, 0.15) is 0 Å². The maximum absolute atomic E-state index is 10.8. The number of nitrogens with zero attached hydrogens (tertiary/aromatic N) is 3. The minimum Gasteiger partial charge on any atom is -0.478 e. The van der Waals surface area contributed by atoms with Crippen LogP contribution in [0.2, 0.25) is 0 Å². The normalized spacial score (nSPS) is 15.2. The molecule has 106 valence electrons. The summed E-state index contributed by atoms with van der Waals surface area (Å²) < 4.78 is 1.96. The Morgan fingerprint density at radius 2 is 2.45 bits per heavy atom. The van der Waals surface area contributed by atoms with Gasteiger partial charge in [0.2, 0.25) is 0 Å². The maximum Gasteiger partial charge on any atom is 0.328 e. The van der Waals surface area contributed by atoms with Crippen LogP contribution in [0, 0.1) is 0 Å². The van der Waals surface area contributed by atoms with Gasteiger partial charge < -0.3 is 10.0 Å². The Bertz CT molecular complexity index is 654. The molecule has 2 aromatic heterocycles. The average molecular weight is 291 g/mol. The molecule has 0 radical (unpaired) electrons. The number of fused-ring (bicyclic) bond motifs is 1. The number of carboxylic acids is 1. The maximum atomic E-state index is 10.8. The average Bonchev–Trinajstić information content (AvgIpc) is 3.04. The minimum absolute atomic E-state index is 0.566. The summed E-state index contributed by atoms with van der Waals surface area (Å²) in [4.78, 5) is 18.7. The molecule has 2 heterocycles. The van der Waals surface area contributed by atoms with E-state index in [0.717, 1.165) is 29.4 Å². The van der Waals surface area contributed by atoms with Crippen molar-refractivity contribution in [2.45, 2.75) is 32.2 Å². The standard InChI is InChI=1S/C14H17N3O2S/c1-2-7-16(10-3-4-10)13-11(5-6-12(18)19)17-8-9-20-14(17)15-13/h5-6,8-10H,2-4,7H2,1H3,(H,18,19)/b6-5+. The van der Waals surface area contributed by atoms with Gasteiger partial charge in [0, 0.05) is 30.2 Å². The Hall–Kier alpha value is -1.82. The van der Waals surface area contributed by atoms with Crippen molar-refractivity contribution in [3.8, 4) is 0 Å². The molecule has 2 aromatic rings. The molecule has 6 heteroatoms. The molecule has 0 aliphatic heterocycles. The van der Waals surface area contributed by atoms with Gasteiger partial charge in [-0.1, -0.05) is 6.92 Å². The molecular weight excluding hydrogens is 274 g/mol. The van der Waals surface area contributed by atoms with Crippen LogP contribution < -0.4 is 4.90 Å². The van der Waals surface area contributed by atoms with E-state index in [1.165, 1.54) is 18.9 Å². The van der Waals surface area contributed by atoms with Crippen LogP contribution >= 0.6 is 11.3 Å². The number of hydrogen-bond donors (Lipinski definition) is 1. The highest BCUT2D eigenvalue weighted by Crippen LogP contribution is 2.35. The summed E-state index contributed by atoms with van der Waals surface area (Å²) in [5.41, 5.74) is 0.865. The molecule has 0 amide bonds. The fraction of sp³-hybridized carbons (Fsp3) is 0.429. The topological polar surface area (TPSA) is 57.8 Å². The van der Waals surface area contributed by atoms with Crippen LogP contribution in [-0.4, -0.2) is 33.0 Å². The predicted molar refractivity (Wildman–Crippen MR) is 80.4 cm³/mol. The molecule has 1 fully saturated rings. The molecule has 1 aliphatic carbocycles. The van der Waals surface area contributed by atoms with E-state index in [1.807, 2.05) is 16.0 Å². The van der Waals surface area contributed by atoms with Gasteiger partial charge in [-0.25, -0.2) is 9.78 Å². The first-order valence-electron chi connectivity index (χ1n) is 6.84. The van der Waals surface area contributed by atoms with Crippen molar-refractivity contribution in [1.82, 2.24) is 9.38 Å². The highest BCUT2D eigenvalue weighted by Gasteiger charge is 2.31. The number of aromatic nitrogens is 2. The van der Waals surface area contributed by atoms with Gasteiger partial charge in [-0.3, -0.25) is 4.40 Å². The Kier molecular flexibility index (Phi) is 3.48. The second kappa shape index (κ2) is 5.28. The molecule has 3 rings (SSSR count). The van der Waals surface area contributed by atoms with E-state index in [1.54, 1.807) is 17.4 Å². The molecule has 0 atom stereocenters. The lowest BCUT2D eigenvalue weighted by Crippen LogP contribution is -2.27. The minimum atomic E-state index is -0.936. The third-order valence-corrected chi connectivity index (χ3v) is 4.14. The first-order chi connectivity index (χ1) is 9.70. The van der Waals surface area contributed by atoms with Crippen molar-refractivity contribution in [3.05, 3.63) is 23.3 Å². The van der Waals surface area contributed by atoms with Crippen LogP contribution in [0.3, 0.4) is 0 Å². The van der Waals surface area contributed by atoms with Gasteiger partial charge in [-0.15, -0.1) is 11.3 Å². The zero-order valence-corrected chi connectivity index (χ0v) is 12.1. The third-order valence-electron chi connectivity index (χ3n) is 3.39. The molecule has 0 unspecified atom stereocenters. The summed E-state index contributed by atoms with van der Waals surface area (Å²) in [7, 11) is 0. The molecule has 0 aromatic carbocycles. The van der Waals surface area contributed by atoms with Crippen molar-refractivity contribution in [2.24, 2.45) is 0 Å². The lowest BCUT2D eigenvalue weighted by atomic mass is 10.3. The van der Waals surface area contributed by atoms with E-state index in [4.69, 9.17) is 10.1 Å². The van der Waals surface area contributed by atoms with Crippen LogP contribution in [0.15, 0.2) is 17.7 Å². The Balaban J connectivity index is 2.05. The van der Waals surface area contributed by atoms with Crippen molar-refractivity contribution < 1.29 is 9.90 Å². The second-order valence-electron chi connectivity index (χ2n) is 4.97. The third kappa shape index (κ3) is 2.43. The molecule has 0 saturated heterocycles. The summed E-state index contributed by atoms with van der Waals surface area (Å²) >= 11 is 1.57. The Labute approximate surface area is 121 Å². The molecule has 0 spiro atoms. The lowest BCUT2D eigenvalue weighted by Gasteiger charge is -2.22. The van der Waals surface area contributed by atoms with Crippen LogP contribution in [0.5, 0.6) is 0 Å². The summed E-state index contributed by atoms with van der Waals surface area (Å²) in [6.07, 6.45) is 8.23. The highest BCUT2D eigenvalue weighted by molar-refractivity contribution is 7.15. The molecule has 1 aliphatic rings. The van der Waals surface area contributed by atoms with Crippen LogP contribution in [0.1, 0.15) is 31.9 Å². The van der Waals surface area contributed by atoms with Crippen molar-refractivity contribution >= 4 is 34.2 Å². The van der Waals surface area contributed by atoms with Crippen LogP contribution in [0.25, 0.3) is 11.0 Å². The van der Waals surface area contributed by atoms with E-state index in [-0.39, 0.29) is 0 Å². The largest absolute Gasteiger partial charge is 0.478 e. The zero-order valence-electron chi connectivity index (χ0n) is 11.3. The monoisotopic (exact) mass is 291 g/mol. The summed E-state index contributed by atoms with van der Waals surface area (Å²) in [5.74, 6) is -0.0201. The van der Waals surface area contributed by atoms with Gasteiger partial charge >= 0.3 is 5.97 Å². The zero-order chi connectivity index (χ0) is 14.1. The number of hydrogen-bond acceptors (Lipinski definition) is 4. The van der Waals surface area contributed by atoms with Gasteiger partial charge in [-0.05, 0) is 25.3 Å². The first kappa shape index (κ1) is 13.2. The van der Waals surface area contributed by atoms with Crippen molar-refractivity contribution in [1.29, 1.82) is 0 Å². The molecule has 1 saturated carbocycles. The number of anilines is 1. The molecule has 20 heavy (non-hydrogen) atoms.